The number of aromatic hydroxyl groups is 2. The van der Waals surface area contributed by atoms with Crippen LogP contribution in [0.15, 0.2) is 59.9 Å². The highest BCUT2D eigenvalue weighted by atomic mass is 16.8. The molecule has 4 aliphatic rings. The molecule has 3 heterocycles. The van der Waals surface area contributed by atoms with Gasteiger partial charge in [0.25, 0.3) is 0 Å². The molecule has 1 fully saturated rings. The highest BCUT2D eigenvalue weighted by molar-refractivity contribution is 5.95. The molecule has 0 amide bonds. The smallest absolute Gasteiger partial charge is 0.338 e. The number of carbonyl (C=O) groups is 3. The first-order valence-corrected chi connectivity index (χ1v) is 13.8. The lowest BCUT2D eigenvalue weighted by Crippen LogP contribution is -2.60. The Labute approximate surface area is 255 Å². The first-order chi connectivity index (χ1) is 21.4. The average molecular weight is 633 g/mol. The van der Waals surface area contributed by atoms with Crippen LogP contribution in [0.4, 0.5) is 0 Å². The molecule has 1 aliphatic carbocycles. The molecule has 242 valence electrons. The number of esters is 3. The molecule has 1 aromatic rings. The van der Waals surface area contributed by atoms with E-state index in [1.54, 1.807) is 6.08 Å². The van der Waals surface area contributed by atoms with Gasteiger partial charge < -0.3 is 59.1 Å². The molecule has 0 bridgehead atoms. The normalized spacial score (nSPS) is 34.5. The van der Waals surface area contributed by atoms with Gasteiger partial charge in [-0.25, -0.2) is 14.4 Å². The SMILES string of the molecule is COC(=O)C1=CO[C@H](O[C@@H]2O[C@H](CO)[C@@H](O)[C@H](O)[C@H]2O)[C@H]2[C@@H]1C=C[C@@]21C=C([C@H](C)OC(=O)C=Cc2ccc(O)c(O)c2)C(=O)O1. The van der Waals surface area contributed by atoms with Crippen molar-refractivity contribution in [1.29, 1.82) is 0 Å². The van der Waals surface area contributed by atoms with Crippen molar-refractivity contribution in [3.63, 3.8) is 0 Å². The second-order valence-electron chi connectivity index (χ2n) is 10.8. The van der Waals surface area contributed by atoms with Crippen molar-refractivity contribution in [2.24, 2.45) is 11.8 Å². The van der Waals surface area contributed by atoms with Crippen LogP contribution in [0.2, 0.25) is 0 Å². The Morgan fingerprint density at radius 2 is 1.84 bits per heavy atom. The van der Waals surface area contributed by atoms with Crippen molar-refractivity contribution in [1.82, 2.24) is 0 Å². The minimum atomic E-state index is -1.77. The molecule has 10 atom stereocenters. The Bertz CT molecular complexity index is 1460. The third-order valence-corrected chi connectivity index (χ3v) is 8.02. The summed E-state index contributed by atoms with van der Waals surface area (Å²) in [7, 11) is 1.17. The maximum Gasteiger partial charge on any atom is 0.338 e. The number of allylic oxidation sites excluding steroid dienone is 1. The summed E-state index contributed by atoms with van der Waals surface area (Å²) >= 11 is 0. The fourth-order valence-corrected chi connectivity index (χ4v) is 5.64. The summed E-state index contributed by atoms with van der Waals surface area (Å²) in [5.74, 6) is -4.92. The van der Waals surface area contributed by atoms with Crippen LogP contribution in [-0.4, -0.2) is 111 Å². The zero-order valence-corrected chi connectivity index (χ0v) is 24.0. The molecule has 15 heteroatoms. The zero-order chi connectivity index (χ0) is 32.6. The van der Waals surface area contributed by atoms with Crippen LogP contribution in [-0.2, 0) is 42.8 Å². The van der Waals surface area contributed by atoms with Crippen LogP contribution >= 0.6 is 0 Å². The van der Waals surface area contributed by atoms with E-state index < -0.39 is 85.1 Å². The van der Waals surface area contributed by atoms with Gasteiger partial charge in [0.15, 0.2) is 23.4 Å². The minimum Gasteiger partial charge on any atom is -0.504 e. The summed E-state index contributed by atoms with van der Waals surface area (Å²) < 4.78 is 33.1. The van der Waals surface area contributed by atoms with Crippen molar-refractivity contribution in [3.05, 3.63) is 65.5 Å². The summed E-state index contributed by atoms with van der Waals surface area (Å²) in [6.45, 7) is 0.743. The molecule has 1 aromatic carbocycles. The van der Waals surface area contributed by atoms with Crippen LogP contribution in [0.3, 0.4) is 0 Å². The van der Waals surface area contributed by atoms with Crippen LogP contribution in [0, 0.1) is 11.8 Å². The summed E-state index contributed by atoms with van der Waals surface area (Å²) in [4.78, 5) is 38.2. The third kappa shape index (κ3) is 6.05. The van der Waals surface area contributed by atoms with Gasteiger partial charge in [-0.15, -0.1) is 0 Å². The Hall–Kier alpha value is -4.25. The third-order valence-electron chi connectivity index (χ3n) is 8.02. The Morgan fingerprint density at radius 3 is 2.53 bits per heavy atom. The average Bonchev–Trinajstić information content (AvgIpc) is 3.56. The van der Waals surface area contributed by atoms with Crippen molar-refractivity contribution in [3.8, 4) is 11.5 Å². The van der Waals surface area contributed by atoms with Crippen LogP contribution in [0.5, 0.6) is 11.5 Å². The van der Waals surface area contributed by atoms with E-state index in [4.69, 9.17) is 28.4 Å². The molecule has 0 saturated carbocycles. The minimum absolute atomic E-state index is 0.0370. The van der Waals surface area contributed by atoms with E-state index in [1.807, 2.05) is 0 Å². The first kappa shape index (κ1) is 32.2. The topological polar surface area (TPSA) is 228 Å². The quantitative estimate of drug-likeness (QED) is 0.0684. The van der Waals surface area contributed by atoms with Crippen molar-refractivity contribution >= 4 is 24.0 Å². The number of ether oxygens (including phenoxy) is 6. The molecule has 0 radical (unpaired) electrons. The standard InChI is InChI=1S/C30H32O15/c1-13(42-21(34)6-4-14-3-5-18(32)19(33)9-14)16-10-30(45-27(16)39)8-7-15-17(26(38)40-2)12-41-28(22(15)30)44-29-25(37)24(36)23(35)20(11-31)43-29/h3-10,12-13,15,20,22-25,28-29,31-33,35-37H,11H2,1-2H3/t13-,15+,20+,22+,23+,24-,25+,28+,29-,30+/m0/s1. The van der Waals surface area contributed by atoms with Crippen LogP contribution in [0.1, 0.15) is 12.5 Å². The highest BCUT2D eigenvalue weighted by Gasteiger charge is 2.60. The molecule has 1 spiro atoms. The van der Waals surface area contributed by atoms with Gasteiger partial charge in [-0.1, -0.05) is 12.1 Å². The Morgan fingerprint density at radius 1 is 1.09 bits per heavy atom. The number of carbonyl (C=O) groups excluding carboxylic acids is 3. The van der Waals surface area contributed by atoms with Gasteiger partial charge in [-0.05, 0) is 42.8 Å². The molecule has 45 heavy (non-hydrogen) atoms. The predicted molar refractivity (Wildman–Crippen MR) is 147 cm³/mol. The first-order valence-electron chi connectivity index (χ1n) is 13.8. The monoisotopic (exact) mass is 632 g/mol. The zero-order valence-electron chi connectivity index (χ0n) is 24.0. The summed E-state index contributed by atoms with van der Waals surface area (Å²) in [5, 5.41) is 59.5. The van der Waals surface area contributed by atoms with E-state index in [-0.39, 0.29) is 22.6 Å². The van der Waals surface area contributed by atoms with Crippen molar-refractivity contribution in [2.75, 3.05) is 13.7 Å². The number of hydrogen-bond acceptors (Lipinski definition) is 15. The summed E-state index contributed by atoms with van der Waals surface area (Å²) in [6, 6.07) is 3.93. The van der Waals surface area contributed by atoms with E-state index in [1.165, 1.54) is 50.5 Å². The summed E-state index contributed by atoms with van der Waals surface area (Å²) in [6.07, 6.45) is -2.53. The lowest BCUT2D eigenvalue weighted by Gasteiger charge is -2.44. The van der Waals surface area contributed by atoms with E-state index in [0.29, 0.717) is 5.56 Å². The molecular formula is C30H32O15. The van der Waals surface area contributed by atoms with Gasteiger partial charge in [0, 0.05) is 12.0 Å². The fourth-order valence-electron chi connectivity index (χ4n) is 5.64. The molecule has 0 aromatic heterocycles. The Kier molecular flexibility index (Phi) is 9.02. The molecule has 15 nitrogen and oxygen atoms in total. The summed E-state index contributed by atoms with van der Waals surface area (Å²) in [5.41, 5.74) is -1.17. The molecule has 5 rings (SSSR count). The van der Waals surface area contributed by atoms with Crippen molar-refractivity contribution < 1.29 is 73.4 Å². The number of aliphatic hydroxyl groups is 4. The molecular weight excluding hydrogens is 600 g/mol. The number of hydrogen-bond donors (Lipinski definition) is 6. The van der Waals surface area contributed by atoms with Crippen LogP contribution in [0.25, 0.3) is 6.08 Å². The number of phenolic OH excluding ortho intramolecular Hbond substituents is 2. The van der Waals surface area contributed by atoms with E-state index in [0.717, 1.165) is 12.3 Å². The predicted octanol–water partition coefficient (Wildman–Crippen LogP) is -0.703. The number of phenols is 2. The fraction of sp³-hybridized carbons (Fsp3) is 0.433. The molecule has 6 N–H and O–H groups in total. The van der Waals surface area contributed by atoms with E-state index >= 15 is 0 Å². The number of aliphatic hydroxyl groups excluding tert-OH is 4. The number of rotatable bonds is 8. The lowest BCUT2D eigenvalue weighted by atomic mass is 9.78. The lowest BCUT2D eigenvalue weighted by molar-refractivity contribution is -0.344. The molecule has 1 saturated heterocycles. The van der Waals surface area contributed by atoms with Gasteiger partial charge >= 0.3 is 17.9 Å². The number of methoxy groups -OCH3 is 1. The van der Waals surface area contributed by atoms with Gasteiger partial charge in [0.05, 0.1) is 37.0 Å². The van der Waals surface area contributed by atoms with E-state index in [2.05, 4.69) is 0 Å². The highest BCUT2D eigenvalue weighted by Crippen LogP contribution is 2.51. The van der Waals surface area contributed by atoms with E-state index in [9.17, 15) is 45.0 Å². The number of benzene rings is 1. The maximum atomic E-state index is 13.1. The second-order valence-corrected chi connectivity index (χ2v) is 10.8. The second kappa shape index (κ2) is 12.6. The molecule has 0 unspecified atom stereocenters. The van der Waals surface area contributed by atoms with Gasteiger partial charge in [0.2, 0.25) is 6.29 Å². The van der Waals surface area contributed by atoms with Gasteiger partial charge in [-0.3, -0.25) is 0 Å². The largest absolute Gasteiger partial charge is 0.504 e. The van der Waals surface area contributed by atoms with Crippen molar-refractivity contribution in [2.45, 2.75) is 55.6 Å². The van der Waals surface area contributed by atoms with Crippen LogP contribution < -0.4 is 0 Å². The Balaban J connectivity index is 1.38. The maximum absolute atomic E-state index is 13.1. The molecule has 3 aliphatic heterocycles. The van der Waals surface area contributed by atoms with Gasteiger partial charge in [0.1, 0.15) is 30.5 Å². The number of fused-ring (bicyclic) bond motifs is 2. The van der Waals surface area contributed by atoms with Gasteiger partial charge in [-0.2, -0.15) is 0 Å².